The van der Waals surface area contributed by atoms with Crippen molar-refractivity contribution in [3.05, 3.63) is 70.5 Å². The maximum atomic E-state index is 13.4. The molecule has 1 amide bonds. The Morgan fingerprint density at radius 2 is 1.82 bits per heavy atom. The van der Waals surface area contributed by atoms with Crippen LogP contribution in [0.3, 0.4) is 0 Å². The maximum absolute atomic E-state index is 13.4. The van der Waals surface area contributed by atoms with E-state index in [4.69, 9.17) is 11.6 Å². The number of hydrogen-bond donors (Lipinski definition) is 0. The molecule has 8 heteroatoms. The van der Waals surface area contributed by atoms with Crippen molar-refractivity contribution in [3.8, 4) is 0 Å². The number of hydrogen-bond acceptors (Lipinski definition) is 3. The van der Waals surface area contributed by atoms with Crippen LogP contribution in [0.25, 0.3) is 6.08 Å². The molecule has 0 bridgehead atoms. The number of piperazine rings is 1. The lowest BCUT2D eigenvalue weighted by atomic mass is 10.1. The van der Waals surface area contributed by atoms with Gasteiger partial charge in [-0.1, -0.05) is 29.8 Å². The number of carbonyl (C=O) groups is 1. The molecule has 0 saturated carbocycles. The average Bonchev–Trinajstić information content (AvgIpc) is 2.68. The van der Waals surface area contributed by atoms with Gasteiger partial charge in [0.05, 0.1) is 4.90 Å². The molecule has 1 heterocycles. The number of halogens is 2. The van der Waals surface area contributed by atoms with Crippen LogP contribution in [0.15, 0.2) is 53.4 Å². The van der Waals surface area contributed by atoms with Gasteiger partial charge >= 0.3 is 0 Å². The van der Waals surface area contributed by atoms with Gasteiger partial charge in [-0.2, -0.15) is 4.31 Å². The average molecular weight is 423 g/mol. The van der Waals surface area contributed by atoms with Gasteiger partial charge in [0.1, 0.15) is 5.82 Å². The van der Waals surface area contributed by atoms with Gasteiger partial charge in [-0.15, -0.1) is 0 Å². The summed E-state index contributed by atoms with van der Waals surface area (Å²) >= 11 is 6.08. The molecule has 148 valence electrons. The first-order valence-electron chi connectivity index (χ1n) is 8.76. The van der Waals surface area contributed by atoms with Crippen molar-refractivity contribution in [2.24, 2.45) is 0 Å². The second-order valence-electron chi connectivity index (χ2n) is 6.53. The van der Waals surface area contributed by atoms with Gasteiger partial charge in [0, 0.05) is 37.3 Å². The number of sulfonamides is 1. The van der Waals surface area contributed by atoms with E-state index in [9.17, 15) is 17.6 Å². The molecule has 28 heavy (non-hydrogen) atoms. The van der Waals surface area contributed by atoms with Crippen LogP contribution in [0.1, 0.15) is 11.1 Å². The third-order valence-electron chi connectivity index (χ3n) is 4.60. The van der Waals surface area contributed by atoms with Crippen LogP contribution in [0.5, 0.6) is 0 Å². The zero-order valence-corrected chi connectivity index (χ0v) is 16.9. The standard InChI is InChI=1S/C20H20ClFN2O3S/c1-15-5-6-16(13-19(15)21)7-8-20(25)23-9-11-24(12-10-23)28(26,27)18-4-2-3-17(22)14-18/h2-8,13-14H,9-12H2,1H3/b8-7+. The summed E-state index contributed by atoms with van der Waals surface area (Å²) < 4.78 is 39.9. The van der Waals surface area contributed by atoms with Gasteiger partial charge in [-0.3, -0.25) is 4.79 Å². The fraction of sp³-hybridized carbons (Fsp3) is 0.250. The lowest BCUT2D eigenvalue weighted by Crippen LogP contribution is -2.50. The fourth-order valence-electron chi connectivity index (χ4n) is 2.91. The molecule has 1 saturated heterocycles. The van der Waals surface area contributed by atoms with Crippen LogP contribution in [0.2, 0.25) is 5.02 Å². The van der Waals surface area contributed by atoms with E-state index in [-0.39, 0.29) is 37.0 Å². The highest BCUT2D eigenvalue weighted by Crippen LogP contribution is 2.20. The molecule has 0 N–H and O–H groups in total. The summed E-state index contributed by atoms with van der Waals surface area (Å²) in [5.74, 6) is -0.796. The first-order valence-corrected chi connectivity index (χ1v) is 10.6. The molecular formula is C20H20ClFN2O3S. The summed E-state index contributed by atoms with van der Waals surface area (Å²) in [5, 5.41) is 0.630. The van der Waals surface area contributed by atoms with Crippen molar-refractivity contribution in [1.29, 1.82) is 0 Å². The lowest BCUT2D eigenvalue weighted by molar-refractivity contribution is -0.127. The summed E-state index contributed by atoms with van der Waals surface area (Å²) in [4.78, 5) is 13.9. The predicted octanol–water partition coefficient (Wildman–Crippen LogP) is 3.33. The maximum Gasteiger partial charge on any atom is 0.246 e. The molecule has 0 unspecified atom stereocenters. The molecule has 3 rings (SSSR count). The molecule has 0 spiro atoms. The molecule has 2 aromatic carbocycles. The lowest BCUT2D eigenvalue weighted by Gasteiger charge is -2.33. The quantitative estimate of drug-likeness (QED) is 0.710. The number of carbonyl (C=O) groups excluding carboxylic acids is 1. The zero-order valence-electron chi connectivity index (χ0n) is 15.3. The highest BCUT2D eigenvalue weighted by molar-refractivity contribution is 7.89. The molecule has 5 nitrogen and oxygen atoms in total. The zero-order chi connectivity index (χ0) is 20.3. The van der Waals surface area contributed by atoms with Crippen LogP contribution in [-0.2, 0) is 14.8 Å². The molecule has 1 aliphatic rings. The van der Waals surface area contributed by atoms with Crippen LogP contribution < -0.4 is 0 Å². The molecule has 0 radical (unpaired) electrons. The van der Waals surface area contributed by atoms with E-state index in [1.165, 1.54) is 28.6 Å². The molecular weight excluding hydrogens is 403 g/mol. The van der Waals surface area contributed by atoms with E-state index in [2.05, 4.69) is 0 Å². The van der Waals surface area contributed by atoms with Crippen molar-refractivity contribution >= 4 is 33.6 Å². The van der Waals surface area contributed by atoms with E-state index in [1.54, 1.807) is 17.0 Å². The van der Waals surface area contributed by atoms with Crippen molar-refractivity contribution in [1.82, 2.24) is 9.21 Å². The third kappa shape index (κ3) is 4.60. The van der Waals surface area contributed by atoms with Crippen LogP contribution in [-0.4, -0.2) is 49.7 Å². The third-order valence-corrected chi connectivity index (χ3v) is 6.90. The Kier molecular flexibility index (Phi) is 6.17. The SMILES string of the molecule is Cc1ccc(/C=C/C(=O)N2CCN(S(=O)(=O)c3cccc(F)c3)CC2)cc1Cl. The molecule has 0 aliphatic carbocycles. The smallest absolute Gasteiger partial charge is 0.246 e. The highest BCUT2D eigenvalue weighted by atomic mass is 35.5. The fourth-order valence-corrected chi connectivity index (χ4v) is 4.55. The molecule has 1 aliphatic heterocycles. The van der Waals surface area contributed by atoms with Gasteiger partial charge in [0.25, 0.3) is 0 Å². The van der Waals surface area contributed by atoms with Crippen molar-refractivity contribution in [2.75, 3.05) is 26.2 Å². The highest BCUT2D eigenvalue weighted by Gasteiger charge is 2.29. The molecule has 0 aromatic heterocycles. The van der Waals surface area contributed by atoms with Crippen molar-refractivity contribution in [2.45, 2.75) is 11.8 Å². The number of benzene rings is 2. The second-order valence-corrected chi connectivity index (χ2v) is 8.87. The minimum absolute atomic E-state index is 0.0802. The summed E-state index contributed by atoms with van der Waals surface area (Å²) in [7, 11) is -3.78. The van der Waals surface area contributed by atoms with Gasteiger partial charge in [0.15, 0.2) is 0 Å². The normalized spacial score (nSPS) is 15.9. The Labute approximate surface area is 169 Å². The first kappa shape index (κ1) is 20.5. The Bertz CT molecular complexity index is 1020. The summed E-state index contributed by atoms with van der Waals surface area (Å²) in [6, 6.07) is 10.5. The van der Waals surface area contributed by atoms with Gasteiger partial charge in [0.2, 0.25) is 15.9 Å². The largest absolute Gasteiger partial charge is 0.337 e. The summed E-state index contributed by atoms with van der Waals surface area (Å²) in [5.41, 5.74) is 1.78. The van der Waals surface area contributed by atoms with Crippen LogP contribution in [0.4, 0.5) is 4.39 Å². The monoisotopic (exact) mass is 422 g/mol. The first-order chi connectivity index (χ1) is 13.3. The second kappa shape index (κ2) is 8.43. The van der Waals surface area contributed by atoms with Crippen LogP contribution in [0, 0.1) is 12.7 Å². The number of aryl methyl sites for hydroxylation is 1. The Morgan fingerprint density at radius 3 is 2.46 bits per heavy atom. The van der Waals surface area contributed by atoms with Crippen LogP contribution >= 0.6 is 11.6 Å². The molecule has 1 fully saturated rings. The Balaban J connectivity index is 1.62. The molecule has 0 atom stereocenters. The Hall–Kier alpha value is -2.22. The van der Waals surface area contributed by atoms with E-state index < -0.39 is 15.8 Å². The number of nitrogens with zero attached hydrogens (tertiary/aromatic N) is 2. The van der Waals surface area contributed by atoms with Crippen molar-refractivity contribution in [3.63, 3.8) is 0 Å². The number of rotatable bonds is 4. The van der Waals surface area contributed by atoms with E-state index >= 15 is 0 Å². The van der Waals surface area contributed by atoms with E-state index in [0.29, 0.717) is 5.02 Å². The van der Waals surface area contributed by atoms with Gasteiger partial charge in [-0.05, 0) is 48.4 Å². The van der Waals surface area contributed by atoms with Gasteiger partial charge in [-0.25, -0.2) is 12.8 Å². The van der Waals surface area contributed by atoms with E-state index in [0.717, 1.165) is 17.2 Å². The van der Waals surface area contributed by atoms with Gasteiger partial charge < -0.3 is 4.90 Å². The number of amides is 1. The predicted molar refractivity (Wildman–Crippen MR) is 107 cm³/mol. The molecule has 2 aromatic rings. The minimum atomic E-state index is -3.78. The minimum Gasteiger partial charge on any atom is -0.337 e. The van der Waals surface area contributed by atoms with Crippen molar-refractivity contribution < 1.29 is 17.6 Å². The topological polar surface area (TPSA) is 57.7 Å². The Morgan fingerprint density at radius 1 is 1.11 bits per heavy atom. The summed E-state index contributed by atoms with van der Waals surface area (Å²) in [6.45, 7) is 2.76. The van der Waals surface area contributed by atoms with E-state index in [1.807, 2.05) is 19.1 Å². The summed E-state index contributed by atoms with van der Waals surface area (Å²) in [6.07, 6.45) is 3.14.